The first-order valence-corrected chi connectivity index (χ1v) is 6.38. The Morgan fingerprint density at radius 1 is 0.789 bits per heavy atom. The van der Waals surface area contributed by atoms with E-state index in [0.29, 0.717) is 0 Å². The number of carbonyl (C=O) groups is 1. The van der Waals surface area contributed by atoms with Crippen LogP contribution in [-0.4, -0.2) is 6.29 Å². The van der Waals surface area contributed by atoms with Crippen LogP contribution in [-0.2, 0) is 4.79 Å². The molecule has 0 bridgehead atoms. The molecule has 19 heavy (non-hydrogen) atoms. The molecule has 0 N–H and O–H groups in total. The van der Waals surface area contributed by atoms with Crippen LogP contribution in [0, 0.1) is 0 Å². The Bertz CT molecular complexity index is 615. The van der Waals surface area contributed by atoms with Crippen LogP contribution in [0.3, 0.4) is 0 Å². The van der Waals surface area contributed by atoms with Gasteiger partial charge in [-0.2, -0.15) is 0 Å². The predicted octanol–water partition coefficient (Wildman–Crippen LogP) is 4.06. The molecule has 0 saturated carbocycles. The summed E-state index contributed by atoms with van der Waals surface area (Å²) >= 11 is 0. The molecule has 0 heterocycles. The molecule has 0 aliphatic heterocycles. The van der Waals surface area contributed by atoms with Crippen molar-refractivity contribution in [2.24, 2.45) is 0 Å². The van der Waals surface area contributed by atoms with Crippen molar-refractivity contribution < 1.29 is 4.79 Å². The largest absolute Gasteiger partial charge is 0.299 e. The molecule has 1 aliphatic rings. The molecule has 1 nitrogen and oxygen atoms in total. The molecule has 0 amide bonds. The zero-order chi connectivity index (χ0) is 13.1. The van der Waals surface area contributed by atoms with Gasteiger partial charge in [-0.1, -0.05) is 66.8 Å². The van der Waals surface area contributed by atoms with E-state index < -0.39 is 0 Å². The van der Waals surface area contributed by atoms with E-state index in [2.05, 4.69) is 36.4 Å². The summed E-state index contributed by atoms with van der Waals surface area (Å²) in [7, 11) is 0. The third kappa shape index (κ3) is 2.15. The Morgan fingerprint density at radius 2 is 1.32 bits per heavy atom. The molecule has 0 spiro atoms. The zero-order valence-corrected chi connectivity index (χ0v) is 10.5. The average molecular weight is 246 g/mol. The van der Waals surface area contributed by atoms with Gasteiger partial charge in [0.15, 0.2) is 0 Å². The van der Waals surface area contributed by atoms with E-state index in [0.717, 1.165) is 6.29 Å². The topological polar surface area (TPSA) is 17.1 Å². The number of benzene rings is 2. The lowest BCUT2D eigenvalue weighted by Gasteiger charge is -2.16. The van der Waals surface area contributed by atoms with E-state index in [4.69, 9.17) is 0 Å². The molecule has 0 atom stereocenters. The highest BCUT2D eigenvalue weighted by atomic mass is 16.1. The van der Waals surface area contributed by atoms with Crippen LogP contribution in [0.5, 0.6) is 0 Å². The van der Waals surface area contributed by atoms with Crippen molar-refractivity contribution in [2.75, 3.05) is 0 Å². The Labute approximate surface area is 112 Å². The van der Waals surface area contributed by atoms with Gasteiger partial charge in [-0.3, -0.25) is 4.79 Å². The van der Waals surface area contributed by atoms with Gasteiger partial charge in [-0.15, -0.1) is 0 Å². The lowest BCUT2D eigenvalue weighted by Crippen LogP contribution is -2.00. The summed E-state index contributed by atoms with van der Waals surface area (Å²) in [6.07, 6.45) is 8.68. The summed E-state index contributed by atoms with van der Waals surface area (Å²) in [5.41, 5.74) is 4.89. The van der Waals surface area contributed by atoms with E-state index in [1.807, 2.05) is 30.3 Å². The second-order valence-corrected chi connectivity index (χ2v) is 4.59. The van der Waals surface area contributed by atoms with Gasteiger partial charge in [0.05, 0.1) is 0 Å². The number of hydrogen-bond acceptors (Lipinski definition) is 1. The minimum atomic E-state index is 0.132. The Hall–Kier alpha value is -2.41. The molecule has 3 rings (SSSR count). The van der Waals surface area contributed by atoms with E-state index >= 15 is 0 Å². The summed E-state index contributed by atoms with van der Waals surface area (Å²) in [4.78, 5) is 10.7. The highest BCUT2D eigenvalue weighted by Gasteiger charge is 2.18. The van der Waals surface area contributed by atoms with E-state index in [-0.39, 0.29) is 5.92 Å². The number of fused-ring (bicyclic) bond motifs is 2. The molecule has 1 aliphatic carbocycles. The normalized spacial score (nSPS) is 13.9. The number of carbonyl (C=O) groups excluding carboxylic acids is 1. The Morgan fingerprint density at radius 3 is 1.84 bits per heavy atom. The lowest BCUT2D eigenvalue weighted by molar-refractivity contribution is -0.104. The second kappa shape index (κ2) is 5.07. The van der Waals surface area contributed by atoms with Crippen LogP contribution in [0.25, 0.3) is 12.2 Å². The third-order valence-corrected chi connectivity index (χ3v) is 3.49. The zero-order valence-electron chi connectivity index (χ0n) is 10.5. The summed E-state index contributed by atoms with van der Waals surface area (Å²) in [6.45, 7) is 0. The minimum Gasteiger partial charge on any atom is -0.299 e. The summed E-state index contributed by atoms with van der Waals surface area (Å²) < 4.78 is 0. The Kier molecular flexibility index (Phi) is 3.11. The van der Waals surface area contributed by atoms with Crippen molar-refractivity contribution in [3.8, 4) is 0 Å². The predicted molar refractivity (Wildman–Crippen MR) is 78.9 cm³/mol. The van der Waals surface area contributed by atoms with E-state index in [9.17, 15) is 4.79 Å². The molecular weight excluding hydrogens is 232 g/mol. The molecule has 1 heteroatoms. The smallest absolute Gasteiger partial charge is 0.142 e. The maximum atomic E-state index is 10.7. The van der Waals surface area contributed by atoms with Gasteiger partial charge >= 0.3 is 0 Å². The molecule has 0 unspecified atom stereocenters. The molecule has 0 fully saturated rings. The molecule has 2 aromatic rings. The van der Waals surface area contributed by atoms with Crippen molar-refractivity contribution in [3.63, 3.8) is 0 Å². The third-order valence-electron chi connectivity index (χ3n) is 3.49. The molecule has 0 saturated heterocycles. The van der Waals surface area contributed by atoms with Crippen LogP contribution < -0.4 is 0 Å². The van der Waals surface area contributed by atoms with Crippen molar-refractivity contribution in [1.29, 1.82) is 0 Å². The van der Waals surface area contributed by atoms with Crippen molar-refractivity contribution in [2.45, 2.75) is 5.92 Å². The maximum absolute atomic E-state index is 10.7. The minimum absolute atomic E-state index is 0.132. The number of rotatable bonds is 2. The average Bonchev–Trinajstić information content (AvgIpc) is 2.62. The quantitative estimate of drug-likeness (QED) is 0.577. The van der Waals surface area contributed by atoms with Crippen LogP contribution in [0.1, 0.15) is 28.2 Å². The van der Waals surface area contributed by atoms with Gasteiger partial charge in [0.2, 0.25) is 0 Å². The number of allylic oxidation sites excluding steroid dienone is 2. The highest BCUT2D eigenvalue weighted by Crippen LogP contribution is 2.35. The molecule has 92 valence electrons. The van der Waals surface area contributed by atoms with Gasteiger partial charge in [-0.25, -0.2) is 0 Å². The van der Waals surface area contributed by atoms with Gasteiger partial charge in [0.25, 0.3) is 0 Å². The summed E-state index contributed by atoms with van der Waals surface area (Å²) in [6, 6.07) is 16.6. The van der Waals surface area contributed by atoms with E-state index in [1.54, 1.807) is 6.08 Å². The fourth-order valence-electron chi connectivity index (χ4n) is 2.60. The van der Waals surface area contributed by atoms with Gasteiger partial charge in [0, 0.05) is 5.92 Å². The van der Waals surface area contributed by atoms with Crippen molar-refractivity contribution in [3.05, 3.63) is 82.9 Å². The van der Waals surface area contributed by atoms with Crippen molar-refractivity contribution >= 4 is 18.4 Å². The second-order valence-electron chi connectivity index (χ2n) is 4.59. The molecule has 0 radical (unpaired) electrons. The van der Waals surface area contributed by atoms with Crippen LogP contribution in [0.4, 0.5) is 0 Å². The molecule has 2 aromatic carbocycles. The highest BCUT2D eigenvalue weighted by molar-refractivity contribution is 5.77. The van der Waals surface area contributed by atoms with Gasteiger partial charge in [0.1, 0.15) is 6.29 Å². The van der Waals surface area contributed by atoms with Crippen LogP contribution >= 0.6 is 0 Å². The lowest BCUT2D eigenvalue weighted by atomic mass is 9.87. The van der Waals surface area contributed by atoms with E-state index in [1.165, 1.54) is 22.3 Å². The first kappa shape index (κ1) is 11.7. The first-order valence-electron chi connectivity index (χ1n) is 6.38. The fourth-order valence-corrected chi connectivity index (χ4v) is 2.60. The Balaban J connectivity index is 2.24. The first-order chi connectivity index (χ1) is 9.40. The van der Waals surface area contributed by atoms with Crippen molar-refractivity contribution in [1.82, 2.24) is 0 Å². The van der Waals surface area contributed by atoms with Crippen LogP contribution in [0.2, 0.25) is 0 Å². The number of hydrogen-bond donors (Lipinski definition) is 0. The van der Waals surface area contributed by atoms with Gasteiger partial charge in [-0.05, 0) is 28.3 Å². The van der Waals surface area contributed by atoms with Gasteiger partial charge < -0.3 is 0 Å². The monoisotopic (exact) mass is 246 g/mol. The number of aldehydes is 1. The molecule has 0 aromatic heterocycles. The SMILES string of the molecule is O=CC=CC1c2ccccc2C=Cc2ccccc21. The fraction of sp³-hybridized carbons (Fsp3) is 0.0556. The maximum Gasteiger partial charge on any atom is 0.142 e. The van der Waals surface area contributed by atoms with Crippen LogP contribution in [0.15, 0.2) is 60.7 Å². The summed E-state index contributed by atoms with van der Waals surface area (Å²) in [5, 5.41) is 0. The standard InChI is InChI=1S/C18H14O/c19-13-5-10-18-16-8-3-1-6-14(16)11-12-15-7-2-4-9-17(15)18/h1-13,18H. The summed E-state index contributed by atoms with van der Waals surface area (Å²) in [5.74, 6) is 0.132. The molecular formula is C18H14O.